The first-order valence-corrected chi connectivity index (χ1v) is 23.4. The van der Waals surface area contributed by atoms with Gasteiger partial charge < -0.3 is 23.8 Å². The van der Waals surface area contributed by atoms with Gasteiger partial charge in [-0.05, 0) is 38.5 Å². The van der Waals surface area contributed by atoms with Crippen LogP contribution in [0.1, 0.15) is 213 Å². The van der Waals surface area contributed by atoms with Gasteiger partial charge in [0.25, 0.3) is 0 Å². The van der Waals surface area contributed by atoms with Gasteiger partial charge in [-0.15, -0.1) is 0 Å². The van der Waals surface area contributed by atoms with Crippen molar-refractivity contribution in [3.8, 4) is 0 Å². The molecule has 2 atom stereocenters. The first-order chi connectivity index (χ1) is 27.1. The zero-order valence-electron chi connectivity index (χ0n) is 37.3. The Labute approximate surface area is 345 Å². The third-order valence-electron chi connectivity index (χ3n) is 10.6. The SMILES string of the molecule is CCCCCCCCC/C=C/C=C/CCCCCC(=O)OCC(COCCC(C(=O)O)[N+](C)(C)C)OC(=O)CCCCCCCCCCCCCCCCCC. The molecule has 0 aliphatic carbocycles. The number of rotatable bonds is 42. The van der Waals surface area contributed by atoms with Crippen molar-refractivity contribution in [2.45, 2.75) is 225 Å². The number of hydrogen-bond acceptors (Lipinski definition) is 6. The predicted octanol–water partition coefficient (Wildman–Crippen LogP) is 12.9. The highest BCUT2D eigenvalue weighted by Crippen LogP contribution is 2.15. The van der Waals surface area contributed by atoms with Crippen LogP contribution in [0.25, 0.3) is 0 Å². The number of hydrogen-bond donors (Lipinski definition) is 1. The zero-order chi connectivity index (χ0) is 41.4. The Morgan fingerprint density at radius 3 is 1.36 bits per heavy atom. The largest absolute Gasteiger partial charge is 0.477 e. The molecule has 0 radical (unpaired) electrons. The lowest BCUT2D eigenvalue weighted by Crippen LogP contribution is -2.50. The quantitative estimate of drug-likeness (QED) is 0.0284. The number of ether oxygens (including phenoxy) is 3. The number of allylic oxidation sites excluding steroid dienone is 4. The molecule has 2 unspecified atom stereocenters. The Balaban J connectivity index is 4.34. The van der Waals surface area contributed by atoms with Gasteiger partial charge in [-0.1, -0.05) is 179 Å². The number of quaternary nitrogens is 1. The van der Waals surface area contributed by atoms with Crippen LogP contribution >= 0.6 is 0 Å². The summed E-state index contributed by atoms with van der Waals surface area (Å²) in [5.41, 5.74) is 0. The topological polar surface area (TPSA) is 99.1 Å². The number of likely N-dealkylation sites (N-methyl/N-ethyl adjacent to an activating group) is 1. The molecule has 0 spiro atoms. The molecule has 0 fully saturated rings. The van der Waals surface area contributed by atoms with E-state index < -0.39 is 18.1 Å². The summed E-state index contributed by atoms with van der Waals surface area (Å²) in [6.45, 7) is 4.73. The average molecular weight is 793 g/mol. The Kier molecular flexibility index (Phi) is 38.1. The number of esters is 2. The summed E-state index contributed by atoms with van der Waals surface area (Å²) < 4.78 is 17.3. The van der Waals surface area contributed by atoms with Crippen molar-refractivity contribution >= 4 is 17.9 Å². The lowest BCUT2D eigenvalue weighted by atomic mass is 10.0. The molecule has 0 saturated heterocycles. The lowest BCUT2D eigenvalue weighted by Gasteiger charge is -2.31. The standard InChI is InChI=1S/C48H89NO7/c1-6-8-10-12-14-16-18-20-22-24-26-28-30-32-34-36-38-46(50)55-43-44(42-54-41-40-45(48(52)53)49(3,4)5)56-47(51)39-37-35-33-31-29-27-25-23-21-19-17-15-13-11-9-7-2/h22,24,26,28,44-45H,6-21,23,25,27,29-43H2,1-5H3/p+1/b24-22+,28-26+. The zero-order valence-corrected chi connectivity index (χ0v) is 37.3. The fourth-order valence-corrected chi connectivity index (χ4v) is 6.97. The lowest BCUT2D eigenvalue weighted by molar-refractivity contribution is -0.887. The third kappa shape index (κ3) is 37.4. The number of carboxylic acid groups (broad SMARTS) is 1. The Bertz CT molecular complexity index is 973. The summed E-state index contributed by atoms with van der Waals surface area (Å²) >= 11 is 0. The molecule has 0 rings (SSSR count). The molecule has 328 valence electrons. The molecule has 0 aliphatic rings. The van der Waals surface area contributed by atoms with Crippen molar-refractivity contribution in [1.29, 1.82) is 0 Å². The van der Waals surface area contributed by atoms with Crippen LogP contribution in [0.4, 0.5) is 0 Å². The van der Waals surface area contributed by atoms with E-state index in [0.29, 0.717) is 19.3 Å². The van der Waals surface area contributed by atoms with Crippen molar-refractivity contribution in [1.82, 2.24) is 0 Å². The van der Waals surface area contributed by atoms with Crippen LogP contribution in [0, 0.1) is 0 Å². The predicted molar refractivity (Wildman–Crippen MR) is 234 cm³/mol. The summed E-state index contributed by atoms with van der Waals surface area (Å²) in [5.74, 6) is -1.49. The molecule has 8 nitrogen and oxygen atoms in total. The molecular formula is C48H90NO7+. The minimum Gasteiger partial charge on any atom is -0.477 e. The molecule has 0 aliphatic heterocycles. The molecular weight excluding hydrogens is 703 g/mol. The van der Waals surface area contributed by atoms with Gasteiger partial charge in [0.1, 0.15) is 6.61 Å². The van der Waals surface area contributed by atoms with Crippen LogP contribution in [0.15, 0.2) is 24.3 Å². The summed E-state index contributed by atoms with van der Waals surface area (Å²) in [6, 6.07) is -0.615. The van der Waals surface area contributed by atoms with E-state index in [9.17, 15) is 19.5 Å². The van der Waals surface area contributed by atoms with Crippen molar-refractivity contribution in [3.63, 3.8) is 0 Å². The number of nitrogens with zero attached hydrogens (tertiary/aromatic N) is 1. The number of carbonyl (C=O) groups excluding carboxylic acids is 2. The molecule has 56 heavy (non-hydrogen) atoms. The second kappa shape index (κ2) is 39.6. The summed E-state index contributed by atoms with van der Waals surface area (Å²) in [6.07, 6.45) is 43.6. The van der Waals surface area contributed by atoms with Gasteiger partial charge in [-0.2, -0.15) is 0 Å². The van der Waals surface area contributed by atoms with E-state index in [-0.39, 0.29) is 36.2 Å². The van der Waals surface area contributed by atoms with Gasteiger partial charge in [0, 0.05) is 19.3 Å². The van der Waals surface area contributed by atoms with Crippen LogP contribution in [0.5, 0.6) is 0 Å². The highest BCUT2D eigenvalue weighted by Gasteiger charge is 2.31. The fourth-order valence-electron chi connectivity index (χ4n) is 6.97. The molecule has 0 aromatic carbocycles. The van der Waals surface area contributed by atoms with Crippen LogP contribution in [-0.2, 0) is 28.6 Å². The van der Waals surface area contributed by atoms with E-state index in [1.165, 1.54) is 128 Å². The molecule has 8 heteroatoms. The third-order valence-corrected chi connectivity index (χ3v) is 10.6. The van der Waals surface area contributed by atoms with Gasteiger partial charge in [0.05, 0.1) is 34.4 Å². The highest BCUT2D eigenvalue weighted by molar-refractivity contribution is 5.72. The van der Waals surface area contributed by atoms with Crippen molar-refractivity contribution in [3.05, 3.63) is 24.3 Å². The molecule has 1 N–H and O–H groups in total. The normalized spacial score (nSPS) is 13.1. The summed E-state index contributed by atoms with van der Waals surface area (Å²) in [4.78, 5) is 37.0. The molecule has 0 heterocycles. The summed E-state index contributed by atoms with van der Waals surface area (Å²) in [7, 11) is 5.53. The number of carbonyl (C=O) groups is 3. The van der Waals surface area contributed by atoms with Crippen molar-refractivity contribution < 1.29 is 38.2 Å². The molecule has 0 aromatic rings. The van der Waals surface area contributed by atoms with Crippen LogP contribution in [-0.4, -0.2) is 80.6 Å². The molecule has 0 aromatic heterocycles. The Morgan fingerprint density at radius 1 is 0.536 bits per heavy atom. The van der Waals surface area contributed by atoms with Crippen LogP contribution < -0.4 is 0 Å². The van der Waals surface area contributed by atoms with Gasteiger partial charge in [0.15, 0.2) is 12.1 Å². The van der Waals surface area contributed by atoms with E-state index in [4.69, 9.17) is 14.2 Å². The number of carboxylic acids is 1. The second-order valence-corrected chi connectivity index (χ2v) is 17.0. The van der Waals surface area contributed by atoms with Gasteiger partial charge >= 0.3 is 17.9 Å². The number of unbranched alkanes of at least 4 members (excludes halogenated alkanes) is 25. The minimum atomic E-state index is -0.876. The van der Waals surface area contributed by atoms with Crippen molar-refractivity contribution in [2.24, 2.45) is 0 Å². The highest BCUT2D eigenvalue weighted by atomic mass is 16.6. The smallest absolute Gasteiger partial charge is 0.362 e. The van der Waals surface area contributed by atoms with E-state index in [1.807, 2.05) is 21.1 Å². The monoisotopic (exact) mass is 793 g/mol. The van der Waals surface area contributed by atoms with E-state index in [0.717, 1.165) is 51.4 Å². The van der Waals surface area contributed by atoms with Gasteiger partial charge in [-0.3, -0.25) is 9.59 Å². The maximum Gasteiger partial charge on any atom is 0.362 e. The fraction of sp³-hybridized carbons (Fsp3) is 0.854. The van der Waals surface area contributed by atoms with Crippen molar-refractivity contribution in [2.75, 3.05) is 41.0 Å². The maximum absolute atomic E-state index is 12.7. The van der Waals surface area contributed by atoms with E-state index in [2.05, 4.69) is 38.2 Å². The molecule has 0 saturated carbocycles. The second-order valence-electron chi connectivity index (χ2n) is 17.0. The Hall–Kier alpha value is -2.19. The first kappa shape index (κ1) is 53.8. The van der Waals surface area contributed by atoms with E-state index >= 15 is 0 Å². The average Bonchev–Trinajstić information content (AvgIpc) is 3.15. The van der Waals surface area contributed by atoms with E-state index in [1.54, 1.807) is 0 Å². The number of aliphatic carboxylic acids is 1. The van der Waals surface area contributed by atoms with Gasteiger partial charge in [-0.25, -0.2) is 4.79 Å². The summed E-state index contributed by atoms with van der Waals surface area (Å²) in [5, 5.41) is 9.62. The first-order valence-electron chi connectivity index (χ1n) is 23.4. The van der Waals surface area contributed by atoms with Crippen LogP contribution in [0.2, 0.25) is 0 Å². The molecule has 0 bridgehead atoms. The Morgan fingerprint density at radius 2 is 0.929 bits per heavy atom. The van der Waals surface area contributed by atoms with Gasteiger partial charge in [0.2, 0.25) is 0 Å². The van der Waals surface area contributed by atoms with Crippen LogP contribution in [0.3, 0.4) is 0 Å². The molecule has 0 amide bonds. The maximum atomic E-state index is 12.7. The minimum absolute atomic E-state index is 0.0568.